The summed E-state index contributed by atoms with van der Waals surface area (Å²) in [5, 5.41) is 5.76. The summed E-state index contributed by atoms with van der Waals surface area (Å²) in [6.07, 6.45) is 3.97. The topological polar surface area (TPSA) is 68.5 Å². The smallest absolute Gasteiger partial charge is 0.232 e. The monoisotopic (exact) mass is 412 g/mol. The number of methoxy groups -OCH3 is 1. The van der Waals surface area contributed by atoms with Crippen LogP contribution in [0, 0.1) is 6.92 Å². The van der Waals surface area contributed by atoms with Crippen molar-refractivity contribution in [2.75, 3.05) is 12.4 Å². The Hall–Kier alpha value is -2.90. The predicted molar refractivity (Wildman–Crippen MR) is 111 cm³/mol. The number of benzene rings is 1. The quantitative estimate of drug-likeness (QED) is 0.519. The van der Waals surface area contributed by atoms with Gasteiger partial charge in [0.25, 0.3) is 0 Å². The Labute approximate surface area is 170 Å². The lowest BCUT2D eigenvalue weighted by Gasteiger charge is -2.04. The van der Waals surface area contributed by atoms with Crippen molar-refractivity contribution in [3.63, 3.8) is 0 Å². The standard InChI is InChI=1S/C20H17ClN4O2S/c1-12-4-3-7-25-10-14(22-19(12)25)9-18(26)24-20-23-16(11-28-20)13-5-6-17(27-2)15(21)8-13/h3-8,10-11H,9H2,1-2H3,(H,23,24,26). The van der Waals surface area contributed by atoms with Crippen LogP contribution in [0.3, 0.4) is 0 Å². The molecule has 3 aromatic heterocycles. The number of fused-ring (bicyclic) bond motifs is 1. The van der Waals surface area contributed by atoms with Crippen molar-refractivity contribution in [2.45, 2.75) is 13.3 Å². The van der Waals surface area contributed by atoms with Gasteiger partial charge in [0.05, 0.1) is 29.9 Å². The minimum atomic E-state index is -0.158. The number of aromatic nitrogens is 3. The number of rotatable bonds is 5. The van der Waals surface area contributed by atoms with E-state index in [1.54, 1.807) is 19.2 Å². The maximum absolute atomic E-state index is 12.4. The summed E-state index contributed by atoms with van der Waals surface area (Å²) in [6, 6.07) is 9.41. The largest absolute Gasteiger partial charge is 0.495 e. The number of hydrogen-bond donors (Lipinski definition) is 1. The highest BCUT2D eigenvalue weighted by atomic mass is 35.5. The minimum Gasteiger partial charge on any atom is -0.495 e. The Morgan fingerprint density at radius 3 is 2.93 bits per heavy atom. The molecule has 1 N–H and O–H groups in total. The van der Waals surface area contributed by atoms with Crippen LogP contribution in [0.25, 0.3) is 16.9 Å². The van der Waals surface area contributed by atoms with E-state index in [0.717, 1.165) is 22.5 Å². The summed E-state index contributed by atoms with van der Waals surface area (Å²) < 4.78 is 7.09. The highest BCUT2D eigenvalue weighted by Crippen LogP contribution is 2.31. The molecule has 1 amide bonds. The highest BCUT2D eigenvalue weighted by molar-refractivity contribution is 7.14. The summed E-state index contributed by atoms with van der Waals surface area (Å²) in [5.74, 6) is 0.451. The molecule has 6 nitrogen and oxygen atoms in total. The van der Waals surface area contributed by atoms with Crippen LogP contribution in [0.4, 0.5) is 5.13 Å². The SMILES string of the molecule is COc1ccc(-c2csc(NC(=O)Cc3cn4cccc(C)c4n3)n2)cc1Cl. The first-order valence-electron chi connectivity index (χ1n) is 8.56. The molecule has 8 heteroatoms. The van der Waals surface area contributed by atoms with Gasteiger partial charge in [-0.15, -0.1) is 11.3 Å². The van der Waals surface area contributed by atoms with Crippen molar-refractivity contribution in [3.8, 4) is 17.0 Å². The second kappa shape index (κ2) is 7.61. The van der Waals surface area contributed by atoms with Crippen molar-refractivity contribution in [3.05, 3.63) is 64.4 Å². The summed E-state index contributed by atoms with van der Waals surface area (Å²) in [7, 11) is 1.57. The molecule has 0 saturated heterocycles. The number of carbonyl (C=O) groups excluding carboxylic acids is 1. The van der Waals surface area contributed by atoms with Crippen LogP contribution in [0.1, 0.15) is 11.3 Å². The number of nitrogens with zero attached hydrogens (tertiary/aromatic N) is 3. The van der Waals surface area contributed by atoms with Crippen LogP contribution in [-0.4, -0.2) is 27.4 Å². The average molecular weight is 413 g/mol. The molecule has 0 radical (unpaired) electrons. The van der Waals surface area contributed by atoms with Crippen LogP contribution in [-0.2, 0) is 11.2 Å². The lowest BCUT2D eigenvalue weighted by molar-refractivity contribution is -0.115. The number of carbonyl (C=O) groups is 1. The fourth-order valence-corrected chi connectivity index (χ4v) is 3.90. The van der Waals surface area contributed by atoms with Gasteiger partial charge in [-0.3, -0.25) is 4.79 Å². The van der Waals surface area contributed by atoms with E-state index >= 15 is 0 Å². The second-order valence-electron chi connectivity index (χ2n) is 6.27. The van der Waals surface area contributed by atoms with E-state index in [1.165, 1.54) is 11.3 Å². The van der Waals surface area contributed by atoms with E-state index in [1.807, 2.05) is 47.3 Å². The Kier molecular flexibility index (Phi) is 5.02. The summed E-state index contributed by atoms with van der Waals surface area (Å²) in [4.78, 5) is 21.4. The third-order valence-electron chi connectivity index (χ3n) is 4.27. The molecule has 0 bridgehead atoms. The van der Waals surface area contributed by atoms with E-state index in [9.17, 15) is 4.79 Å². The molecule has 142 valence electrons. The van der Waals surface area contributed by atoms with Gasteiger partial charge in [0.2, 0.25) is 5.91 Å². The van der Waals surface area contributed by atoms with Gasteiger partial charge in [-0.25, -0.2) is 9.97 Å². The number of amides is 1. The van der Waals surface area contributed by atoms with Gasteiger partial charge in [0.15, 0.2) is 5.13 Å². The normalized spacial score (nSPS) is 11.0. The molecule has 4 aromatic rings. The molecular weight excluding hydrogens is 396 g/mol. The highest BCUT2D eigenvalue weighted by Gasteiger charge is 2.12. The molecule has 0 saturated carbocycles. The number of anilines is 1. The van der Waals surface area contributed by atoms with E-state index in [4.69, 9.17) is 16.3 Å². The fraction of sp³-hybridized carbons (Fsp3) is 0.150. The molecule has 0 unspecified atom stereocenters. The van der Waals surface area contributed by atoms with Gasteiger partial charge in [-0.2, -0.15) is 0 Å². The maximum atomic E-state index is 12.4. The number of thiazole rings is 1. The summed E-state index contributed by atoms with van der Waals surface area (Å²) >= 11 is 7.54. The third kappa shape index (κ3) is 3.72. The molecule has 0 aliphatic heterocycles. The van der Waals surface area contributed by atoms with Crippen LogP contribution in [0.2, 0.25) is 5.02 Å². The molecular formula is C20H17ClN4O2S. The predicted octanol–water partition coefficient (Wildman–Crippen LogP) is 4.61. The second-order valence-corrected chi connectivity index (χ2v) is 7.53. The first-order chi connectivity index (χ1) is 13.5. The zero-order chi connectivity index (χ0) is 19.7. The molecule has 1 aromatic carbocycles. The summed E-state index contributed by atoms with van der Waals surface area (Å²) in [5.41, 5.74) is 4.24. The lowest BCUT2D eigenvalue weighted by Crippen LogP contribution is -2.14. The van der Waals surface area contributed by atoms with E-state index in [-0.39, 0.29) is 12.3 Å². The number of halogens is 1. The number of pyridine rings is 1. The van der Waals surface area contributed by atoms with E-state index < -0.39 is 0 Å². The first-order valence-corrected chi connectivity index (χ1v) is 9.82. The number of hydrogen-bond acceptors (Lipinski definition) is 5. The van der Waals surface area contributed by atoms with Crippen molar-refractivity contribution in [1.82, 2.24) is 14.4 Å². The Balaban J connectivity index is 1.46. The van der Waals surface area contributed by atoms with Crippen LogP contribution in [0.15, 0.2) is 48.1 Å². The minimum absolute atomic E-state index is 0.158. The van der Waals surface area contributed by atoms with Crippen molar-refractivity contribution < 1.29 is 9.53 Å². The van der Waals surface area contributed by atoms with Crippen LogP contribution >= 0.6 is 22.9 Å². The molecule has 0 aliphatic carbocycles. The number of aryl methyl sites for hydroxylation is 1. The zero-order valence-electron chi connectivity index (χ0n) is 15.3. The van der Waals surface area contributed by atoms with E-state index in [2.05, 4.69) is 15.3 Å². The number of nitrogens with one attached hydrogen (secondary N) is 1. The van der Waals surface area contributed by atoms with Crippen molar-refractivity contribution in [2.24, 2.45) is 0 Å². The van der Waals surface area contributed by atoms with E-state index in [0.29, 0.717) is 21.6 Å². The molecule has 3 heterocycles. The fourth-order valence-electron chi connectivity index (χ4n) is 2.91. The lowest BCUT2D eigenvalue weighted by atomic mass is 10.2. The molecule has 28 heavy (non-hydrogen) atoms. The van der Waals surface area contributed by atoms with Crippen LogP contribution < -0.4 is 10.1 Å². The Morgan fingerprint density at radius 2 is 2.18 bits per heavy atom. The van der Waals surface area contributed by atoms with Crippen molar-refractivity contribution in [1.29, 1.82) is 0 Å². The number of ether oxygens (including phenoxy) is 1. The average Bonchev–Trinajstić information content (AvgIpc) is 3.29. The molecule has 0 atom stereocenters. The third-order valence-corrected chi connectivity index (χ3v) is 5.32. The molecule has 0 aliphatic rings. The molecule has 0 spiro atoms. The Morgan fingerprint density at radius 1 is 1.32 bits per heavy atom. The van der Waals surface area contributed by atoms with Gasteiger partial charge in [-0.1, -0.05) is 17.7 Å². The Bertz CT molecular complexity index is 1170. The number of imidazole rings is 1. The van der Waals surface area contributed by atoms with Gasteiger partial charge in [-0.05, 0) is 36.8 Å². The van der Waals surface area contributed by atoms with Gasteiger partial charge in [0.1, 0.15) is 11.4 Å². The van der Waals surface area contributed by atoms with Gasteiger partial charge >= 0.3 is 0 Å². The molecule has 0 fully saturated rings. The molecule has 4 rings (SSSR count). The van der Waals surface area contributed by atoms with Gasteiger partial charge in [0, 0.05) is 23.3 Å². The van der Waals surface area contributed by atoms with Crippen LogP contribution in [0.5, 0.6) is 5.75 Å². The van der Waals surface area contributed by atoms with Gasteiger partial charge < -0.3 is 14.5 Å². The maximum Gasteiger partial charge on any atom is 0.232 e. The zero-order valence-corrected chi connectivity index (χ0v) is 16.8. The summed E-state index contributed by atoms with van der Waals surface area (Å²) in [6.45, 7) is 1.99. The first kappa shape index (κ1) is 18.5. The van der Waals surface area contributed by atoms with Crippen molar-refractivity contribution >= 4 is 39.6 Å².